The lowest BCUT2D eigenvalue weighted by Gasteiger charge is -2.60. The van der Waals surface area contributed by atoms with Gasteiger partial charge in [-0.05, 0) is 43.9 Å². The van der Waals surface area contributed by atoms with Crippen molar-refractivity contribution in [2.75, 3.05) is 44.4 Å². The molecule has 0 aromatic carbocycles. The molecule has 1 aliphatic heterocycles. The molecule has 5 aliphatic rings. The van der Waals surface area contributed by atoms with Gasteiger partial charge in [-0.1, -0.05) is 0 Å². The molecule has 170 valence electrons. The van der Waals surface area contributed by atoms with Crippen LogP contribution in [0.25, 0.3) is 0 Å². The fraction of sp³-hybridized carbons (Fsp3) is 0.905. The van der Waals surface area contributed by atoms with Gasteiger partial charge in [-0.15, -0.1) is 0 Å². The predicted octanol–water partition coefficient (Wildman–Crippen LogP) is 1.32. The first-order valence-corrected chi connectivity index (χ1v) is 12.9. The van der Waals surface area contributed by atoms with Crippen molar-refractivity contribution in [3.8, 4) is 0 Å². The molecule has 2 atom stereocenters. The van der Waals surface area contributed by atoms with Crippen LogP contribution in [0.4, 0.5) is 0 Å². The molecule has 8 nitrogen and oxygen atoms in total. The molecule has 5 fully saturated rings. The number of carbonyl (C=O) groups is 2. The molecule has 4 aliphatic carbocycles. The summed E-state index contributed by atoms with van der Waals surface area (Å²) in [5, 5.41) is 0. The molecule has 1 saturated heterocycles. The fourth-order valence-electron chi connectivity index (χ4n) is 6.34. The Labute approximate surface area is 178 Å². The lowest BCUT2D eigenvalue weighted by molar-refractivity contribution is -0.236. The molecule has 0 radical (unpaired) electrons. The van der Waals surface area contributed by atoms with Crippen LogP contribution in [0.5, 0.6) is 0 Å². The molecular weight excluding hydrogens is 410 g/mol. The Hall–Kier alpha value is -1.19. The van der Waals surface area contributed by atoms with Crippen molar-refractivity contribution in [3.63, 3.8) is 0 Å². The van der Waals surface area contributed by atoms with E-state index in [2.05, 4.69) is 0 Å². The molecule has 1 heterocycles. The molecule has 0 N–H and O–H groups in total. The monoisotopic (exact) mass is 443 g/mol. The van der Waals surface area contributed by atoms with Crippen molar-refractivity contribution in [3.05, 3.63) is 0 Å². The molecule has 0 aromatic heterocycles. The molecule has 2 unspecified atom stereocenters. The second-order valence-corrected chi connectivity index (χ2v) is 12.0. The second kappa shape index (κ2) is 8.39. The number of carbonyl (C=O) groups excluding carboxylic acids is 2. The van der Waals surface area contributed by atoms with Crippen LogP contribution < -0.4 is 0 Å². The minimum absolute atomic E-state index is 0.169. The standard InChI is InChI=1S/C21H33NO7S/c1-16(23)27-6-7-28-20-11-17-10-18(12-20)14-21(13-17,15-20)29-19(24)2-3-22-4-8-30(25,26)9-5-22/h17-18H,2-15H2,1H3. The maximum atomic E-state index is 12.7. The maximum absolute atomic E-state index is 12.7. The van der Waals surface area contributed by atoms with Crippen LogP contribution in [-0.2, 0) is 33.6 Å². The van der Waals surface area contributed by atoms with Crippen LogP contribution in [0.2, 0.25) is 0 Å². The van der Waals surface area contributed by atoms with E-state index < -0.39 is 15.4 Å². The molecular formula is C21H33NO7S. The summed E-state index contributed by atoms with van der Waals surface area (Å²) in [6.45, 7) is 3.54. The van der Waals surface area contributed by atoms with Crippen LogP contribution in [0.1, 0.15) is 51.9 Å². The van der Waals surface area contributed by atoms with Gasteiger partial charge in [-0.2, -0.15) is 0 Å². The van der Waals surface area contributed by atoms with Crippen LogP contribution in [0.3, 0.4) is 0 Å². The summed E-state index contributed by atoms with van der Waals surface area (Å²) in [4.78, 5) is 25.7. The van der Waals surface area contributed by atoms with Crippen molar-refractivity contribution in [1.29, 1.82) is 0 Å². The number of rotatable bonds is 8. The van der Waals surface area contributed by atoms with E-state index in [0.717, 1.165) is 32.1 Å². The van der Waals surface area contributed by atoms with Gasteiger partial charge in [0.25, 0.3) is 0 Å². The third-order valence-corrected chi connectivity index (χ3v) is 8.76. The number of esters is 2. The van der Waals surface area contributed by atoms with Gasteiger partial charge in [-0.25, -0.2) is 8.42 Å². The van der Waals surface area contributed by atoms with Crippen LogP contribution in [0, 0.1) is 11.8 Å². The zero-order valence-electron chi connectivity index (χ0n) is 17.8. The Kier molecular flexibility index (Phi) is 6.16. The Morgan fingerprint density at radius 1 is 1.00 bits per heavy atom. The van der Waals surface area contributed by atoms with E-state index in [1.807, 2.05) is 4.90 Å². The highest BCUT2D eigenvalue weighted by Gasteiger charge is 2.60. The largest absolute Gasteiger partial charge is 0.463 e. The second-order valence-electron chi connectivity index (χ2n) is 9.73. The average molecular weight is 444 g/mol. The first kappa shape index (κ1) is 22.0. The van der Waals surface area contributed by atoms with Crippen molar-refractivity contribution in [2.45, 2.75) is 63.1 Å². The smallest absolute Gasteiger partial charge is 0.307 e. The Balaban J connectivity index is 1.30. The van der Waals surface area contributed by atoms with Crippen LogP contribution >= 0.6 is 0 Å². The van der Waals surface area contributed by atoms with Crippen LogP contribution in [-0.4, -0.2) is 80.8 Å². The van der Waals surface area contributed by atoms with Crippen LogP contribution in [0.15, 0.2) is 0 Å². The topological polar surface area (TPSA) is 99.2 Å². The zero-order chi connectivity index (χ0) is 21.4. The van der Waals surface area contributed by atoms with Gasteiger partial charge in [0.05, 0.1) is 30.1 Å². The molecule has 5 rings (SSSR count). The van der Waals surface area contributed by atoms with E-state index in [-0.39, 0.29) is 42.1 Å². The fourth-order valence-corrected chi connectivity index (χ4v) is 7.62. The normalized spacial score (nSPS) is 37.1. The summed E-state index contributed by atoms with van der Waals surface area (Å²) in [7, 11) is -2.91. The van der Waals surface area contributed by atoms with Gasteiger partial charge in [0.1, 0.15) is 12.2 Å². The number of nitrogens with zero attached hydrogens (tertiary/aromatic N) is 1. The quantitative estimate of drug-likeness (QED) is 0.409. The van der Waals surface area contributed by atoms with Crippen molar-refractivity contribution in [2.24, 2.45) is 11.8 Å². The maximum Gasteiger partial charge on any atom is 0.307 e. The van der Waals surface area contributed by atoms with E-state index in [1.165, 1.54) is 13.3 Å². The summed E-state index contributed by atoms with van der Waals surface area (Å²) in [5.74, 6) is 0.867. The van der Waals surface area contributed by atoms with Crippen molar-refractivity contribution in [1.82, 2.24) is 4.90 Å². The molecule has 30 heavy (non-hydrogen) atoms. The summed E-state index contributed by atoms with van der Waals surface area (Å²) in [6.07, 6.45) is 5.99. The summed E-state index contributed by atoms with van der Waals surface area (Å²) in [5.41, 5.74) is -0.709. The highest BCUT2D eigenvalue weighted by Crippen LogP contribution is 2.60. The van der Waals surface area contributed by atoms with Crippen molar-refractivity contribution >= 4 is 21.8 Å². The minimum Gasteiger partial charge on any atom is -0.463 e. The molecule has 9 heteroatoms. The average Bonchev–Trinajstić information content (AvgIpc) is 2.63. The first-order valence-electron chi connectivity index (χ1n) is 11.1. The summed E-state index contributed by atoms with van der Waals surface area (Å²) >= 11 is 0. The number of ether oxygens (including phenoxy) is 3. The third-order valence-electron chi connectivity index (χ3n) is 7.15. The molecule has 0 aromatic rings. The highest BCUT2D eigenvalue weighted by molar-refractivity contribution is 7.91. The van der Waals surface area contributed by atoms with Crippen molar-refractivity contribution < 1.29 is 32.2 Å². The first-order chi connectivity index (χ1) is 14.2. The van der Waals surface area contributed by atoms with Gasteiger partial charge in [0.15, 0.2) is 9.84 Å². The van der Waals surface area contributed by atoms with Gasteiger partial charge in [0.2, 0.25) is 0 Å². The Bertz CT molecular complexity index is 752. The predicted molar refractivity (Wildman–Crippen MR) is 109 cm³/mol. The lowest BCUT2D eigenvalue weighted by Crippen LogP contribution is -2.61. The van der Waals surface area contributed by atoms with Gasteiger partial charge in [0, 0.05) is 33.0 Å². The lowest BCUT2D eigenvalue weighted by atomic mass is 9.52. The summed E-state index contributed by atoms with van der Waals surface area (Å²) in [6, 6.07) is 0. The van der Waals surface area contributed by atoms with E-state index in [1.54, 1.807) is 0 Å². The van der Waals surface area contributed by atoms with Gasteiger partial charge >= 0.3 is 11.9 Å². The van der Waals surface area contributed by atoms with E-state index >= 15 is 0 Å². The van der Waals surface area contributed by atoms with E-state index in [9.17, 15) is 18.0 Å². The van der Waals surface area contributed by atoms with E-state index in [0.29, 0.717) is 38.1 Å². The number of hydrogen-bond donors (Lipinski definition) is 0. The molecule has 4 bridgehead atoms. The molecule has 0 amide bonds. The third kappa shape index (κ3) is 5.16. The summed E-state index contributed by atoms with van der Waals surface area (Å²) < 4.78 is 40.5. The number of sulfone groups is 1. The zero-order valence-corrected chi connectivity index (χ0v) is 18.6. The van der Waals surface area contributed by atoms with Gasteiger partial charge in [-0.3, -0.25) is 9.59 Å². The Morgan fingerprint density at radius 3 is 2.27 bits per heavy atom. The van der Waals surface area contributed by atoms with E-state index in [4.69, 9.17) is 14.2 Å². The minimum atomic E-state index is -2.91. The highest BCUT2D eigenvalue weighted by atomic mass is 32.2. The molecule has 4 saturated carbocycles. The Morgan fingerprint density at radius 2 is 1.63 bits per heavy atom. The molecule has 0 spiro atoms. The SMILES string of the molecule is CC(=O)OCCOC12CC3CC(C1)CC(OC(=O)CCN1CCS(=O)(=O)CC1)(C3)C2. The van der Waals surface area contributed by atoms with Gasteiger partial charge < -0.3 is 19.1 Å². The number of hydrogen-bond acceptors (Lipinski definition) is 8.